The summed E-state index contributed by atoms with van der Waals surface area (Å²) in [6.07, 6.45) is 3.22. The summed E-state index contributed by atoms with van der Waals surface area (Å²) in [6.45, 7) is 9.34. The van der Waals surface area contributed by atoms with Crippen LogP contribution in [0.5, 0.6) is 0 Å². The highest BCUT2D eigenvalue weighted by molar-refractivity contribution is 6.34. The molecule has 0 heterocycles. The van der Waals surface area contributed by atoms with Crippen molar-refractivity contribution < 1.29 is 19.4 Å². The van der Waals surface area contributed by atoms with Crippen LogP contribution in [0.3, 0.4) is 0 Å². The monoisotopic (exact) mass is 388 g/mol. The summed E-state index contributed by atoms with van der Waals surface area (Å²) in [4.78, 5) is 22.6. The lowest BCUT2D eigenvalue weighted by atomic mass is 9.75. The predicted molar refractivity (Wildman–Crippen MR) is 102 cm³/mol. The highest BCUT2D eigenvalue weighted by atomic mass is 35.5. The Morgan fingerprint density at radius 1 is 1.08 bits per heavy atom. The second-order valence-corrected chi connectivity index (χ2v) is 5.93. The van der Waals surface area contributed by atoms with Crippen LogP contribution in [0.4, 0.5) is 0 Å². The number of carboxylic acid groups (broad SMARTS) is 1. The molecule has 140 valence electrons. The molecule has 1 saturated carbocycles. The Morgan fingerprint density at radius 2 is 1.56 bits per heavy atom. The second kappa shape index (κ2) is 11.2. The molecular formula is C19H26Cl2O4. The quantitative estimate of drug-likeness (QED) is 0.507. The Bertz CT molecular complexity index is 600. The van der Waals surface area contributed by atoms with Crippen LogP contribution in [0.15, 0.2) is 29.8 Å². The van der Waals surface area contributed by atoms with Gasteiger partial charge in [0.25, 0.3) is 0 Å². The van der Waals surface area contributed by atoms with E-state index in [0.29, 0.717) is 22.9 Å². The van der Waals surface area contributed by atoms with E-state index in [0.717, 1.165) is 18.1 Å². The summed E-state index contributed by atoms with van der Waals surface area (Å²) >= 11 is 12.0. The van der Waals surface area contributed by atoms with Crippen molar-refractivity contribution in [1.82, 2.24) is 0 Å². The molecule has 1 fully saturated rings. The van der Waals surface area contributed by atoms with Gasteiger partial charge in [-0.15, -0.1) is 0 Å². The van der Waals surface area contributed by atoms with Gasteiger partial charge in [-0.25, -0.2) is 9.59 Å². The molecule has 25 heavy (non-hydrogen) atoms. The number of rotatable bonds is 4. The number of carbonyl (C=O) groups is 2. The number of carboxylic acids is 1. The lowest BCUT2D eigenvalue weighted by Crippen LogP contribution is -2.39. The first-order valence-electron chi connectivity index (χ1n) is 8.43. The Labute approximate surface area is 159 Å². The fourth-order valence-corrected chi connectivity index (χ4v) is 2.75. The molecule has 1 aliphatic carbocycles. The highest BCUT2D eigenvalue weighted by Gasteiger charge is 2.42. The van der Waals surface area contributed by atoms with Gasteiger partial charge in [0.2, 0.25) is 0 Å². The van der Waals surface area contributed by atoms with E-state index in [-0.39, 0.29) is 5.57 Å². The van der Waals surface area contributed by atoms with E-state index >= 15 is 0 Å². The molecule has 4 nitrogen and oxygen atoms in total. The molecular weight excluding hydrogens is 363 g/mol. The third kappa shape index (κ3) is 6.71. The molecule has 0 bridgehead atoms. The number of aliphatic carboxylic acids is 1. The third-order valence-electron chi connectivity index (χ3n) is 3.52. The molecule has 0 amide bonds. The zero-order valence-electron chi connectivity index (χ0n) is 15.4. The number of hydrogen-bond donors (Lipinski definition) is 1. The molecule has 1 aromatic carbocycles. The number of halogens is 2. The van der Waals surface area contributed by atoms with Crippen LogP contribution < -0.4 is 0 Å². The van der Waals surface area contributed by atoms with Gasteiger partial charge in [0, 0.05) is 21.7 Å². The van der Waals surface area contributed by atoms with E-state index in [1.165, 1.54) is 6.92 Å². The maximum Gasteiger partial charge on any atom is 0.332 e. The summed E-state index contributed by atoms with van der Waals surface area (Å²) in [5.74, 6) is -1.83. The van der Waals surface area contributed by atoms with Gasteiger partial charge in [0.05, 0.1) is 0 Å². The van der Waals surface area contributed by atoms with Gasteiger partial charge in [0.15, 0.2) is 0 Å². The first-order valence-corrected chi connectivity index (χ1v) is 9.19. The van der Waals surface area contributed by atoms with Crippen LogP contribution in [-0.4, -0.2) is 17.0 Å². The normalized spacial score (nSPS) is 14.8. The van der Waals surface area contributed by atoms with Crippen LogP contribution in [-0.2, 0) is 19.9 Å². The minimum atomic E-state index is -1.15. The summed E-state index contributed by atoms with van der Waals surface area (Å²) in [5.41, 5.74) is -0.0967. The number of hydrogen-bond acceptors (Lipinski definition) is 3. The van der Waals surface area contributed by atoms with E-state index in [4.69, 9.17) is 33.0 Å². The summed E-state index contributed by atoms with van der Waals surface area (Å²) in [5, 5.41) is 9.72. The average Bonchev–Trinajstić information content (AvgIpc) is 2.53. The van der Waals surface area contributed by atoms with E-state index in [1.54, 1.807) is 18.2 Å². The minimum Gasteiger partial charge on any atom is -0.478 e. The number of carbonyl (C=O) groups excluding carboxylic acids is 1. The van der Waals surface area contributed by atoms with Crippen LogP contribution in [0.1, 0.15) is 59.4 Å². The highest BCUT2D eigenvalue weighted by Crippen LogP contribution is 2.46. The zero-order chi connectivity index (χ0) is 19.6. The lowest BCUT2D eigenvalue weighted by molar-refractivity contribution is -0.165. The second-order valence-electron chi connectivity index (χ2n) is 5.06. The number of ether oxygens (including phenoxy) is 1. The van der Waals surface area contributed by atoms with Crippen molar-refractivity contribution in [3.63, 3.8) is 0 Å². The average molecular weight is 389 g/mol. The van der Waals surface area contributed by atoms with Gasteiger partial charge in [-0.2, -0.15) is 0 Å². The maximum absolute atomic E-state index is 11.9. The van der Waals surface area contributed by atoms with Crippen molar-refractivity contribution in [2.24, 2.45) is 0 Å². The molecule has 0 aromatic heterocycles. The number of esters is 1. The molecule has 0 unspecified atom stereocenters. The van der Waals surface area contributed by atoms with Gasteiger partial charge in [-0.1, -0.05) is 50.9 Å². The van der Waals surface area contributed by atoms with E-state index in [2.05, 4.69) is 0 Å². The smallest absolute Gasteiger partial charge is 0.332 e. The van der Waals surface area contributed by atoms with E-state index in [9.17, 15) is 9.59 Å². The predicted octanol–water partition coefficient (Wildman–Crippen LogP) is 6.00. The van der Waals surface area contributed by atoms with Crippen molar-refractivity contribution in [3.8, 4) is 0 Å². The fourth-order valence-electron chi connectivity index (χ4n) is 2.22. The van der Waals surface area contributed by atoms with Crippen LogP contribution >= 0.6 is 23.2 Å². The topological polar surface area (TPSA) is 63.6 Å². The van der Waals surface area contributed by atoms with E-state index in [1.807, 2.05) is 27.7 Å². The minimum absolute atomic E-state index is 0.0707. The Balaban J connectivity index is 0.00000134. The molecule has 2 rings (SSSR count). The standard InChI is InChI=1S/C15H14Cl2O4.2C2H6/c1-9(14(19)20)5-13(18)21-15(3-2-4-15)10-6-11(16)8-12(17)7-10;2*1-2/h5-8H,2-4H2,1H3,(H,19,20);2*1-2H3/b9-5+;;. The van der Waals surface area contributed by atoms with Gasteiger partial charge >= 0.3 is 11.9 Å². The third-order valence-corrected chi connectivity index (χ3v) is 3.95. The van der Waals surface area contributed by atoms with Crippen molar-refractivity contribution in [1.29, 1.82) is 0 Å². The molecule has 0 saturated heterocycles. The van der Waals surface area contributed by atoms with Crippen LogP contribution in [0.25, 0.3) is 0 Å². The molecule has 0 atom stereocenters. The Hall–Kier alpha value is -1.52. The summed E-state index contributed by atoms with van der Waals surface area (Å²) in [7, 11) is 0. The van der Waals surface area contributed by atoms with Gasteiger partial charge in [-0.3, -0.25) is 0 Å². The molecule has 1 aliphatic rings. The van der Waals surface area contributed by atoms with Gasteiger partial charge < -0.3 is 9.84 Å². The maximum atomic E-state index is 11.9. The Kier molecular flexibility index (Phi) is 10.5. The Morgan fingerprint density at radius 3 is 1.92 bits per heavy atom. The molecule has 1 N–H and O–H groups in total. The SMILES string of the molecule is C/C(=C\C(=O)OC1(c2cc(Cl)cc(Cl)c2)CCC1)C(=O)O.CC.CC. The number of benzene rings is 1. The molecule has 0 aliphatic heterocycles. The summed E-state index contributed by atoms with van der Waals surface area (Å²) in [6, 6.07) is 5.04. The van der Waals surface area contributed by atoms with Crippen LogP contribution in [0.2, 0.25) is 10.0 Å². The molecule has 6 heteroatoms. The molecule has 0 spiro atoms. The van der Waals surface area contributed by atoms with Gasteiger partial charge in [-0.05, 0) is 49.9 Å². The summed E-state index contributed by atoms with van der Waals surface area (Å²) < 4.78 is 5.49. The van der Waals surface area contributed by atoms with E-state index < -0.39 is 17.5 Å². The largest absolute Gasteiger partial charge is 0.478 e. The van der Waals surface area contributed by atoms with Crippen LogP contribution in [0, 0.1) is 0 Å². The van der Waals surface area contributed by atoms with Crippen molar-refractivity contribution in [2.45, 2.75) is 59.5 Å². The lowest BCUT2D eigenvalue weighted by Gasteiger charge is -2.41. The molecule has 1 aromatic rings. The van der Waals surface area contributed by atoms with Gasteiger partial charge in [0.1, 0.15) is 5.60 Å². The van der Waals surface area contributed by atoms with Crippen molar-refractivity contribution in [2.75, 3.05) is 0 Å². The van der Waals surface area contributed by atoms with Crippen molar-refractivity contribution in [3.05, 3.63) is 45.5 Å². The fraction of sp³-hybridized carbons (Fsp3) is 0.474. The molecule has 0 radical (unpaired) electrons. The van der Waals surface area contributed by atoms with Crippen molar-refractivity contribution >= 4 is 35.1 Å². The first kappa shape index (κ1) is 23.5. The first-order chi connectivity index (χ1) is 11.8. The zero-order valence-corrected chi connectivity index (χ0v) is 16.9.